The summed E-state index contributed by atoms with van der Waals surface area (Å²) in [6.45, 7) is 6.09. The van der Waals surface area contributed by atoms with E-state index < -0.39 is 0 Å². The minimum atomic E-state index is 0.316. The van der Waals surface area contributed by atoms with Crippen molar-refractivity contribution in [2.75, 3.05) is 5.73 Å². The van der Waals surface area contributed by atoms with Crippen LogP contribution in [0, 0.1) is 6.92 Å². The maximum Gasteiger partial charge on any atom is 0.189 e. The average molecular weight is 253 g/mol. The van der Waals surface area contributed by atoms with Crippen molar-refractivity contribution in [1.29, 1.82) is 0 Å². The summed E-state index contributed by atoms with van der Waals surface area (Å²) in [5.74, 6) is 0.550. The molecule has 2 rings (SSSR count). The Morgan fingerprint density at radius 3 is 2.71 bits per heavy atom. The summed E-state index contributed by atoms with van der Waals surface area (Å²) < 4.78 is 5.72. The highest BCUT2D eigenvalue weighted by Gasteiger charge is 2.32. The monoisotopic (exact) mass is 253 g/mol. The second kappa shape index (κ2) is 5.23. The number of thioether (sulfide) groups is 1. The van der Waals surface area contributed by atoms with Gasteiger partial charge in [-0.3, -0.25) is 0 Å². The lowest BCUT2D eigenvalue weighted by molar-refractivity contribution is -0.0315. The quantitative estimate of drug-likeness (QED) is 0.835. The first-order valence-electron chi connectivity index (χ1n) is 5.96. The van der Waals surface area contributed by atoms with Crippen molar-refractivity contribution >= 4 is 17.6 Å². The van der Waals surface area contributed by atoms with E-state index >= 15 is 0 Å². The van der Waals surface area contributed by atoms with Crippen LogP contribution in [0.25, 0.3) is 0 Å². The molecule has 0 spiro atoms. The fourth-order valence-corrected chi connectivity index (χ4v) is 3.15. The van der Waals surface area contributed by atoms with Crippen LogP contribution in [0.4, 0.5) is 5.82 Å². The average Bonchev–Trinajstić information content (AvgIpc) is 2.11. The number of nitrogens with zero attached hydrogens (tertiary/aromatic N) is 2. The van der Waals surface area contributed by atoms with Gasteiger partial charge in [-0.1, -0.05) is 11.8 Å². The van der Waals surface area contributed by atoms with Gasteiger partial charge in [0.1, 0.15) is 5.82 Å². The van der Waals surface area contributed by atoms with Gasteiger partial charge in [0.15, 0.2) is 5.16 Å². The zero-order valence-electron chi connectivity index (χ0n) is 10.5. The van der Waals surface area contributed by atoms with Gasteiger partial charge in [0.05, 0.1) is 12.2 Å². The van der Waals surface area contributed by atoms with Gasteiger partial charge >= 0.3 is 0 Å². The van der Waals surface area contributed by atoms with E-state index in [2.05, 4.69) is 23.8 Å². The summed E-state index contributed by atoms with van der Waals surface area (Å²) in [5, 5.41) is 1.36. The molecule has 1 aromatic rings. The highest BCUT2D eigenvalue weighted by Crippen LogP contribution is 2.37. The molecular formula is C12H19N3OS. The summed E-state index contributed by atoms with van der Waals surface area (Å²) in [6, 6.07) is 1.79. The van der Waals surface area contributed by atoms with Crippen molar-refractivity contribution in [2.24, 2.45) is 0 Å². The van der Waals surface area contributed by atoms with Gasteiger partial charge < -0.3 is 10.5 Å². The number of nitrogens with two attached hydrogens (primary N) is 1. The number of aromatic nitrogens is 2. The van der Waals surface area contributed by atoms with Crippen LogP contribution in [-0.2, 0) is 4.74 Å². The van der Waals surface area contributed by atoms with Crippen LogP contribution in [-0.4, -0.2) is 27.4 Å². The lowest BCUT2D eigenvalue weighted by atomic mass is 9.95. The van der Waals surface area contributed by atoms with Crippen molar-refractivity contribution in [3.05, 3.63) is 11.8 Å². The number of nitrogen functional groups attached to an aromatic ring is 1. The molecule has 0 radical (unpaired) electrons. The van der Waals surface area contributed by atoms with Crippen molar-refractivity contribution in [3.8, 4) is 0 Å². The van der Waals surface area contributed by atoms with Crippen molar-refractivity contribution in [3.63, 3.8) is 0 Å². The Balaban J connectivity index is 1.83. The molecule has 5 heteroatoms. The van der Waals surface area contributed by atoms with Crippen molar-refractivity contribution < 1.29 is 4.74 Å². The topological polar surface area (TPSA) is 61.0 Å². The summed E-state index contributed by atoms with van der Waals surface area (Å²) >= 11 is 1.71. The second-order valence-corrected chi connectivity index (χ2v) is 6.00. The van der Waals surface area contributed by atoms with Gasteiger partial charge in [-0.25, -0.2) is 9.97 Å². The van der Waals surface area contributed by atoms with E-state index in [1.54, 1.807) is 17.8 Å². The standard InChI is InChI=1S/C12H19N3OS/c1-7(2)16-9-5-10(6-9)17-12-14-8(3)4-11(13)15-12/h4,7,9-10H,5-6H2,1-3H3,(H2,13,14,15). The van der Waals surface area contributed by atoms with Crippen LogP contribution in [0.1, 0.15) is 32.4 Å². The van der Waals surface area contributed by atoms with Gasteiger partial charge in [-0.15, -0.1) is 0 Å². The molecule has 2 N–H and O–H groups in total. The van der Waals surface area contributed by atoms with Crippen LogP contribution in [0.3, 0.4) is 0 Å². The smallest absolute Gasteiger partial charge is 0.189 e. The first-order valence-corrected chi connectivity index (χ1v) is 6.84. The summed E-state index contributed by atoms with van der Waals surface area (Å²) in [4.78, 5) is 8.60. The number of ether oxygens (including phenoxy) is 1. The lowest BCUT2D eigenvalue weighted by Crippen LogP contribution is -2.35. The molecular weight excluding hydrogens is 234 g/mol. The first-order chi connectivity index (χ1) is 8.02. The van der Waals surface area contributed by atoms with E-state index in [1.807, 2.05) is 6.92 Å². The molecule has 0 unspecified atom stereocenters. The van der Waals surface area contributed by atoms with Gasteiger partial charge in [0, 0.05) is 17.0 Å². The predicted molar refractivity (Wildman–Crippen MR) is 70.1 cm³/mol. The highest BCUT2D eigenvalue weighted by molar-refractivity contribution is 7.99. The highest BCUT2D eigenvalue weighted by atomic mass is 32.2. The van der Waals surface area contributed by atoms with E-state index in [-0.39, 0.29) is 0 Å². The van der Waals surface area contributed by atoms with Crippen LogP contribution >= 0.6 is 11.8 Å². The molecule has 17 heavy (non-hydrogen) atoms. The zero-order valence-corrected chi connectivity index (χ0v) is 11.3. The molecule has 0 aliphatic heterocycles. The van der Waals surface area contributed by atoms with Gasteiger partial charge in [0.2, 0.25) is 0 Å². The van der Waals surface area contributed by atoms with Crippen LogP contribution in [0.15, 0.2) is 11.2 Å². The van der Waals surface area contributed by atoms with E-state index in [0.29, 0.717) is 23.3 Å². The molecule has 1 aliphatic carbocycles. The number of aryl methyl sites for hydroxylation is 1. The molecule has 94 valence electrons. The third kappa shape index (κ3) is 3.57. The van der Waals surface area contributed by atoms with Crippen molar-refractivity contribution in [2.45, 2.75) is 56.2 Å². The molecule has 0 bridgehead atoms. The van der Waals surface area contributed by atoms with Crippen LogP contribution in [0.2, 0.25) is 0 Å². The number of hydrogen-bond acceptors (Lipinski definition) is 5. The Morgan fingerprint density at radius 1 is 1.41 bits per heavy atom. The second-order valence-electron chi connectivity index (χ2n) is 4.73. The molecule has 1 aliphatic rings. The maximum atomic E-state index is 5.72. The Kier molecular flexibility index (Phi) is 3.89. The molecule has 1 saturated carbocycles. The van der Waals surface area contributed by atoms with E-state index in [4.69, 9.17) is 10.5 Å². The molecule has 1 fully saturated rings. The van der Waals surface area contributed by atoms with E-state index in [0.717, 1.165) is 23.7 Å². The summed E-state index contributed by atoms with van der Waals surface area (Å²) in [7, 11) is 0. The SMILES string of the molecule is Cc1cc(N)nc(SC2CC(OC(C)C)C2)n1. The van der Waals surface area contributed by atoms with E-state index in [9.17, 15) is 0 Å². The van der Waals surface area contributed by atoms with E-state index in [1.165, 1.54) is 0 Å². The fraction of sp³-hybridized carbons (Fsp3) is 0.667. The van der Waals surface area contributed by atoms with Gasteiger partial charge in [-0.2, -0.15) is 0 Å². The Morgan fingerprint density at radius 2 is 2.12 bits per heavy atom. The minimum Gasteiger partial charge on any atom is -0.384 e. The van der Waals surface area contributed by atoms with Crippen molar-refractivity contribution in [1.82, 2.24) is 9.97 Å². The lowest BCUT2D eigenvalue weighted by Gasteiger charge is -2.35. The molecule has 0 amide bonds. The Bertz CT molecular complexity index is 371. The van der Waals surface area contributed by atoms with Crippen LogP contribution in [0.5, 0.6) is 0 Å². The summed E-state index contributed by atoms with van der Waals surface area (Å²) in [6.07, 6.45) is 2.89. The Hall–Kier alpha value is -0.810. The summed E-state index contributed by atoms with van der Waals surface area (Å²) in [5.41, 5.74) is 6.62. The number of hydrogen-bond donors (Lipinski definition) is 1. The molecule has 1 heterocycles. The minimum absolute atomic E-state index is 0.316. The fourth-order valence-electron chi connectivity index (χ4n) is 1.88. The predicted octanol–water partition coefficient (Wildman–Crippen LogP) is 2.42. The number of rotatable bonds is 4. The normalized spacial score (nSPS) is 23.8. The maximum absolute atomic E-state index is 5.72. The molecule has 0 atom stereocenters. The van der Waals surface area contributed by atoms with Gasteiger partial charge in [0.25, 0.3) is 0 Å². The Labute approximate surface area is 106 Å². The first kappa shape index (κ1) is 12.6. The van der Waals surface area contributed by atoms with Gasteiger partial charge in [-0.05, 0) is 33.6 Å². The third-order valence-electron chi connectivity index (χ3n) is 2.64. The largest absolute Gasteiger partial charge is 0.384 e. The molecule has 0 saturated heterocycles. The third-order valence-corrected chi connectivity index (χ3v) is 3.75. The molecule has 4 nitrogen and oxygen atoms in total. The molecule has 1 aromatic heterocycles. The number of anilines is 1. The molecule has 0 aromatic carbocycles. The van der Waals surface area contributed by atoms with Crippen LogP contribution < -0.4 is 5.73 Å². The zero-order chi connectivity index (χ0) is 12.4.